The number of rotatable bonds is 6. The van der Waals surface area contributed by atoms with Crippen molar-refractivity contribution in [2.45, 2.75) is 46.0 Å². The maximum atomic E-state index is 10.7. The molecule has 1 rings (SSSR count). The molecule has 0 bridgehead atoms. The SMILES string of the molecule is CCc1ccc(O)c(C(CCC(=O)O)C(C)C)c1. The van der Waals surface area contributed by atoms with Crippen molar-refractivity contribution in [2.24, 2.45) is 5.92 Å². The summed E-state index contributed by atoms with van der Waals surface area (Å²) >= 11 is 0. The van der Waals surface area contributed by atoms with Crippen molar-refractivity contribution in [1.82, 2.24) is 0 Å². The number of carboxylic acid groups (broad SMARTS) is 1. The molecule has 0 heterocycles. The molecule has 0 aliphatic carbocycles. The highest BCUT2D eigenvalue weighted by molar-refractivity contribution is 5.66. The van der Waals surface area contributed by atoms with E-state index >= 15 is 0 Å². The molecule has 1 atom stereocenters. The molecular formula is C15H22O3. The van der Waals surface area contributed by atoms with E-state index in [1.807, 2.05) is 12.1 Å². The van der Waals surface area contributed by atoms with E-state index in [2.05, 4.69) is 20.8 Å². The molecule has 0 saturated heterocycles. The summed E-state index contributed by atoms with van der Waals surface area (Å²) in [4.78, 5) is 10.7. The summed E-state index contributed by atoms with van der Waals surface area (Å²) in [5, 5.41) is 18.8. The Kier molecular flexibility index (Phi) is 5.20. The fourth-order valence-corrected chi connectivity index (χ4v) is 2.25. The smallest absolute Gasteiger partial charge is 0.303 e. The van der Waals surface area contributed by atoms with Gasteiger partial charge in [0, 0.05) is 6.42 Å². The van der Waals surface area contributed by atoms with E-state index in [9.17, 15) is 9.90 Å². The molecule has 0 aliphatic heterocycles. The van der Waals surface area contributed by atoms with Crippen molar-refractivity contribution in [3.05, 3.63) is 29.3 Å². The Morgan fingerprint density at radius 3 is 2.50 bits per heavy atom. The number of carboxylic acids is 1. The predicted molar refractivity (Wildman–Crippen MR) is 71.9 cm³/mol. The van der Waals surface area contributed by atoms with Crippen LogP contribution in [0.2, 0.25) is 0 Å². The van der Waals surface area contributed by atoms with E-state index in [0.29, 0.717) is 12.3 Å². The molecule has 0 aliphatic rings. The fraction of sp³-hybridized carbons (Fsp3) is 0.533. The molecule has 2 N–H and O–H groups in total. The number of phenols is 1. The summed E-state index contributed by atoms with van der Waals surface area (Å²) < 4.78 is 0. The molecule has 100 valence electrons. The summed E-state index contributed by atoms with van der Waals surface area (Å²) in [7, 11) is 0. The normalized spacial score (nSPS) is 12.7. The van der Waals surface area contributed by atoms with Gasteiger partial charge >= 0.3 is 5.97 Å². The molecule has 0 radical (unpaired) electrons. The first-order valence-corrected chi connectivity index (χ1v) is 6.49. The number of aryl methyl sites for hydroxylation is 1. The van der Waals surface area contributed by atoms with Gasteiger partial charge in [-0.2, -0.15) is 0 Å². The van der Waals surface area contributed by atoms with Gasteiger partial charge in [-0.15, -0.1) is 0 Å². The van der Waals surface area contributed by atoms with Crippen molar-refractivity contribution in [3.63, 3.8) is 0 Å². The molecule has 1 aromatic carbocycles. The maximum absolute atomic E-state index is 10.7. The first-order chi connectivity index (χ1) is 8.45. The Morgan fingerprint density at radius 1 is 1.33 bits per heavy atom. The molecule has 1 unspecified atom stereocenters. The zero-order chi connectivity index (χ0) is 13.7. The Hall–Kier alpha value is -1.51. The monoisotopic (exact) mass is 250 g/mol. The second-order valence-electron chi connectivity index (χ2n) is 5.03. The van der Waals surface area contributed by atoms with Crippen LogP contribution in [-0.4, -0.2) is 16.2 Å². The van der Waals surface area contributed by atoms with Gasteiger partial charge in [0.25, 0.3) is 0 Å². The van der Waals surface area contributed by atoms with E-state index in [0.717, 1.165) is 12.0 Å². The van der Waals surface area contributed by atoms with Gasteiger partial charge in [-0.05, 0) is 41.9 Å². The summed E-state index contributed by atoms with van der Waals surface area (Å²) in [5.74, 6) is -0.113. The average molecular weight is 250 g/mol. The Morgan fingerprint density at radius 2 is 2.00 bits per heavy atom. The molecule has 1 aromatic rings. The highest BCUT2D eigenvalue weighted by atomic mass is 16.4. The minimum Gasteiger partial charge on any atom is -0.508 e. The lowest BCUT2D eigenvalue weighted by atomic mass is 9.83. The highest BCUT2D eigenvalue weighted by Crippen LogP contribution is 2.35. The average Bonchev–Trinajstić information content (AvgIpc) is 2.30. The van der Waals surface area contributed by atoms with E-state index in [1.54, 1.807) is 6.07 Å². The van der Waals surface area contributed by atoms with Crippen molar-refractivity contribution >= 4 is 5.97 Å². The zero-order valence-electron chi connectivity index (χ0n) is 11.3. The molecule has 18 heavy (non-hydrogen) atoms. The highest BCUT2D eigenvalue weighted by Gasteiger charge is 2.20. The number of benzene rings is 1. The van der Waals surface area contributed by atoms with Gasteiger partial charge in [0.1, 0.15) is 5.75 Å². The van der Waals surface area contributed by atoms with Crippen LogP contribution < -0.4 is 0 Å². The number of hydrogen-bond acceptors (Lipinski definition) is 2. The Labute approximate surface area is 108 Å². The first kappa shape index (κ1) is 14.6. The van der Waals surface area contributed by atoms with Crippen LogP contribution in [0.4, 0.5) is 0 Å². The van der Waals surface area contributed by atoms with Crippen molar-refractivity contribution in [1.29, 1.82) is 0 Å². The van der Waals surface area contributed by atoms with Gasteiger partial charge in [0.05, 0.1) is 0 Å². The van der Waals surface area contributed by atoms with Crippen molar-refractivity contribution in [3.8, 4) is 5.75 Å². The molecule has 0 fully saturated rings. The van der Waals surface area contributed by atoms with Gasteiger partial charge in [-0.1, -0.05) is 32.9 Å². The number of hydrogen-bond donors (Lipinski definition) is 2. The van der Waals surface area contributed by atoms with Gasteiger partial charge < -0.3 is 10.2 Å². The van der Waals surface area contributed by atoms with Crippen LogP contribution in [0.25, 0.3) is 0 Å². The molecular weight excluding hydrogens is 228 g/mol. The zero-order valence-corrected chi connectivity index (χ0v) is 11.3. The molecule has 3 nitrogen and oxygen atoms in total. The lowest BCUT2D eigenvalue weighted by Gasteiger charge is -2.22. The van der Waals surface area contributed by atoms with Gasteiger partial charge in [-0.3, -0.25) is 4.79 Å². The molecule has 0 saturated carbocycles. The van der Waals surface area contributed by atoms with Crippen molar-refractivity contribution < 1.29 is 15.0 Å². The number of aliphatic carboxylic acids is 1. The predicted octanol–water partition coefficient (Wildman–Crippen LogP) is 3.56. The van der Waals surface area contributed by atoms with Crippen LogP contribution in [0.3, 0.4) is 0 Å². The first-order valence-electron chi connectivity index (χ1n) is 6.49. The second kappa shape index (κ2) is 6.43. The lowest BCUT2D eigenvalue weighted by molar-refractivity contribution is -0.137. The summed E-state index contributed by atoms with van der Waals surface area (Å²) in [6, 6.07) is 5.62. The minimum absolute atomic E-state index is 0.0904. The van der Waals surface area contributed by atoms with Crippen molar-refractivity contribution in [2.75, 3.05) is 0 Å². The number of aromatic hydroxyl groups is 1. The molecule has 0 amide bonds. The second-order valence-corrected chi connectivity index (χ2v) is 5.03. The van der Waals surface area contributed by atoms with Crippen LogP contribution in [0, 0.1) is 5.92 Å². The maximum Gasteiger partial charge on any atom is 0.303 e. The Bertz CT molecular complexity index is 410. The molecule has 0 aromatic heterocycles. The quantitative estimate of drug-likeness (QED) is 0.811. The third kappa shape index (κ3) is 3.76. The largest absolute Gasteiger partial charge is 0.508 e. The number of phenolic OH excluding ortho intramolecular Hbond substituents is 1. The lowest BCUT2D eigenvalue weighted by Crippen LogP contribution is -2.10. The molecule has 0 spiro atoms. The van der Waals surface area contributed by atoms with Gasteiger partial charge in [0.15, 0.2) is 0 Å². The third-order valence-electron chi connectivity index (χ3n) is 3.37. The Balaban J connectivity index is 3.00. The minimum atomic E-state index is -0.785. The summed E-state index contributed by atoms with van der Waals surface area (Å²) in [5.41, 5.74) is 2.05. The van der Waals surface area contributed by atoms with Gasteiger partial charge in [-0.25, -0.2) is 0 Å². The van der Waals surface area contributed by atoms with Crippen LogP contribution >= 0.6 is 0 Å². The van der Waals surface area contributed by atoms with Gasteiger partial charge in [0.2, 0.25) is 0 Å². The summed E-state index contributed by atoms with van der Waals surface area (Å²) in [6.07, 6.45) is 1.61. The standard InChI is InChI=1S/C15H22O3/c1-4-11-5-7-14(16)13(9-11)12(10(2)3)6-8-15(17)18/h5,7,9-10,12,16H,4,6,8H2,1-3H3,(H,17,18). The topological polar surface area (TPSA) is 57.5 Å². The van der Waals surface area contributed by atoms with E-state index in [-0.39, 0.29) is 18.1 Å². The van der Waals surface area contributed by atoms with E-state index in [1.165, 1.54) is 5.56 Å². The molecule has 3 heteroatoms. The van der Waals surface area contributed by atoms with E-state index < -0.39 is 5.97 Å². The summed E-state index contributed by atoms with van der Waals surface area (Å²) in [6.45, 7) is 6.19. The van der Waals surface area contributed by atoms with Crippen LogP contribution in [0.15, 0.2) is 18.2 Å². The van der Waals surface area contributed by atoms with Crippen LogP contribution in [-0.2, 0) is 11.2 Å². The van der Waals surface area contributed by atoms with E-state index in [4.69, 9.17) is 5.11 Å². The third-order valence-corrected chi connectivity index (χ3v) is 3.37. The van der Waals surface area contributed by atoms with Crippen LogP contribution in [0.5, 0.6) is 5.75 Å². The van der Waals surface area contributed by atoms with Crippen LogP contribution in [0.1, 0.15) is 50.7 Å². The number of carbonyl (C=O) groups is 1. The fourth-order valence-electron chi connectivity index (χ4n) is 2.25.